The minimum absolute atomic E-state index is 0.0221. The summed E-state index contributed by atoms with van der Waals surface area (Å²) in [7, 11) is 1.44. The van der Waals surface area contributed by atoms with Gasteiger partial charge in [-0.3, -0.25) is 18.6 Å². The number of likely N-dealkylation sites (N-methyl/N-ethyl adjacent to an activating group) is 1. The number of hydrogen-bond donors (Lipinski definition) is 1. The average Bonchev–Trinajstić information content (AvgIpc) is 3.17. The third-order valence-electron chi connectivity index (χ3n) is 9.22. The number of phosphoric acid groups is 1. The molecule has 0 rings (SSSR count). The van der Waals surface area contributed by atoms with Crippen molar-refractivity contribution in [2.45, 2.75) is 174 Å². The van der Waals surface area contributed by atoms with E-state index >= 15 is 0 Å². The topological polar surface area (TPSA) is 108 Å². The van der Waals surface area contributed by atoms with Gasteiger partial charge in [0.2, 0.25) is 0 Å². The molecule has 0 amide bonds. The minimum Gasteiger partial charge on any atom is -0.462 e. The molecule has 0 heterocycles. The summed E-state index contributed by atoms with van der Waals surface area (Å²) in [5.74, 6) is -0.839. The molecule has 10 heteroatoms. The minimum atomic E-state index is -4.39. The molecule has 2 atom stereocenters. The highest BCUT2D eigenvalue weighted by molar-refractivity contribution is 7.47. The van der Waals surface area contributed by atoms with Gasteiger partial charge in [0.15, 0.2) is 6.10 Å². The number of quaternary nitrogens is 1. The maximum Gasteiger partial charge on any atom is 0.472 e. The van der Waals surface area contributed by atoms with Crippen LogP contribution >= 0.6 is 7.82 Å². The second kappa shape index (κ2) is 39.9. The van der Waals surface area contributed by atoms with Gasteiger partial charge in [0.05, 0.1) is 27.7 Å². The van der Waals surface area contributed by atoms with E-state index in [-0.39, 0.29) is 26.1 Å². The van der Waals surface area contributed by atoms with Crippen LogP contribution in [-0.4, -0.2) is 74.9 Å². The first-order valence-electron chi connectivity index (χ1n) is 22.7. The molecule has 0 radical (unpaired) electrons. The van der Waals surface area contributed by atoms with Crippen molar-refractivity contribution in [3.8, 4) is 0 Å². The number of ether oxygens (including phenoxy) is 2. The number of allylic oxidation sites excluding steroid dienone is 12. The zero-order valence-corrected chi connectivity index (χ0v) is 38.4. The van der Waals surface area contributed by atoms with Gasteiger partial charge in [-0.1, -0.05) is 145 Å². The van der Waals surface area contributed by atoms with Crippen LogP contribution in [0, 0.1) is 0 Å². The van der Waals surface area contributed by atoms with Crippen molar-refractivity contribution in [3.05, 3.63) is 72.9 Å². The van der Waals surface area contributed by atoms with Crippen LogP contribution in [0.3, 0.4) is 0 Å². The highest BCUT2D eigenvalue weighted by Gasteiger charge is 2.27. The number of unbranched alkanes of at least 4 members (excludes halogenated alkanes) is 14. The van der Waals surface area contributed by atoms with Crippen LogP contribution in [0.25, 0.3) is 0 Å². The molecule has 0 aliphatic heterocycles. The Hall–Kier alpha value is -2.55. The van der Waals surface area contributed by atoms with Crippen molar-refractivity contribution in [1.82, 2.24) is 0 Å². The summed E-state index contributed by atoms with van der Waals surface area (Å²) in [5, 5.41) is 0. The smallest absolute Gasteiger partial charge is 0.462 e. The third-order valence-corrected chi connectivity index (χ3v) is 10.2. The normalized spacial score (nSPS) is 14.2. The summed E-state index contributed by atoms with van der Waals surface area (Å²) in [6, 6.07) is 0. The van der Waals surface area contributed by atoms with Crippen molar-refractivity contribution < 1.29 is 42.1 Å². The molecule has 334 valence electrons. The SMILES string of the molecule is CC/C=C\C/C=C\C/C=C\CCCCCCCC(=O)OCC(COP(=O)(O)OCC[N+](C)(C)C)OC(=O)CCCCCCCC/C=C\C/C=C\C/C=C\CCCCC. The zero-order chi connectivity index (χ0) is 42.8. The molecule has 0 aromatic rings. The summed E-state index contributed by atoms with van der Waals surface area (Å²) >= 11 is 0. The van der Waals surface area contributed by atoms with E-state index < -0.39 is 32.5 Å². The molecule has 58 heavy (non-hydrogen) atoms. The van der Waals surface area contributed by atoms with E-state index in [1.165, 1.54) is 25.7 Å². The summed E-state index contributed by atoms with van der Waals surface area (Å²) in [5.41, 5.74) is 0. The first-order valence-corrected chi connectivity index (χ1v) is 24.2. The molecule has 2 unspecified atom stereocenters. The number of carbonyl (C=O) groups is 2. The monoisotopic (exact) mass is 835 g/mol. The van der Waals surface area contributed by atoms with E-state index in [2.05, 4.69) is 86.8 Å². The van der Waals surface area contributed by atoms with E-state index in [0.29, 0.717) is 23.9 Å². The van der Waals surface area contributed by atoms with E-state index in [9.17, 15) is 19.0 Å². The van der Waals surface area contributed by atoms with Crippen LogP contribution in [0.2, 0.25) is 0 Å². The molecule has 0 spiro atoms. The van der Waals surface area contributed by atoms with Gasteiger partial charge >= 0.3 is 19.8 Å². The van der Waals surface area contributed by atoms with E-state index in [0.717, 1.165) is 103 Å². The number of esters is 2. The Bertz CT molecular complexity index is 1220. The first kappa shape index (κ1) is 55.5. The van der Waals surface area contributed by atoms with Crippen molar-refractivity contribution in [2.75, 3.05) is 47.5 Å². The highest BCUT2D eigenvalue weighted by atomic mass is 31.2. The third kappa shape index (κ3) is 43.0. The Labute approximate surface area is 355 Å². The van der Waals surface area contributed by atoms with Gasteiger partial charge in [0.25, 0.3) is 0 Å². The van der Waals surface area contributed by atoms with Gasteiger partial charge in [-0.25, -0.2) is 4.57 Å². The standard InChI is InChI=1S/C48H84NO8P/c1-6-8-10-12-14-16-18-20-22-23-24-25-27-29-31-33-35-37-39-41-48(51)57-46(45-56-58(52,53)55-43-42-49(3,4)5)44-54-47(50)40-38-36-34-32-30-28-26-21-19-17-15-13-11-9-7-2/h9,11,14-17,20-22,24-26,46H,6-8,10,12-13,18-19,23,27-45H2,1-5H3/p+1/b11-9-,16-14-,17-15-,22-20-,25-24-,26-21-. The van der Waals surface area contributed by atoms with E-state index in [1.807, 2.05) is 21.1 Å². The van der Waals surface area contributed by atoms with Crippen LogP contribution in [0.1, 0.15) is 168 Å². The van der Waals surface area contributed by atoms with Crippen LogP contribution in [0.15, 0.2) is 72.9 Å². The average molecular weight is 835 g/mol. The van der Waals surface area contributed by atoms with Crippen molar-refractivity contribution >= 4 is 19.8 Å². The maximum atomic E-state index is 12.7. The zero-order valence-electron chi connectivity index (χ0n) is 37.5. The van der Waals surface area contributed by atoms with Crippen molar-refractivity contribution in [1.29, 1.82) is 0 Å². The van der Waals surface area contributed by atoms with E-state index in [1.54, 1.807) is 0 Å². The molecular weight excluding hydrogens is 750 g/mol. The first-order chi connectivity index (χ1) is 28.0. The number of phosphoric ester groups is 1. The number of carbonyl (C=O) groups excluding carboxylic acids is 2. The van der Waals surface area contributed by atoms with Gasteiger partial charge in [0, 0.05) is 12.8 Å². The predicted molar refractivity (Wildman–Crippen MR) is 242 cm³/mol. The maximum absolute atomic E-state index is 12.7. The Balaban J connectivity index is 4.40. The Morgan fingerprint density at radius 3 is 1.47 bits per heavy atom. The van der Waals surface area contributed by atoms with Crippen LogP contribution in [0.4, 0.5) is 0 Å². The fraction of sp³-hybridized carbons (Fsp3) is 0.708. The van der Waals surface area contributed by atoms with Crippen LogP contribution in [0.5, 0.6) is 0 Å². The van der Waals surface area contributed by atoms with Gasteiger partial charge in [0.1, 0.15) is 19.8 Å². The molecule has 0 aliphatic rings. The molecular formula is C48H85NO8P+. The molecule has 0 saturated carbocycles. The van der Waals surface area contributed by atoms with Crippen molar-refractivity contribution in [3.63, 3.8) is 0 Å². The molecule has 0 saturated heterocycles. The fourth-order valence-corrected chi connectivity index (χ4v) is 6.42. The second-order valence-corrected chi connectivity index (χ2v) is 17.5. The largest absolute Gasteiger partial charge is 0.472 e. The summed E-state index contributed by atoms with van der Waals surface area (Å²) in [6.45, 7) is 4.23. The van der Waals surface area contributed by atoms with Gasteiger partial charge in [-0.15, -0.1) is 0 Å². The fourth-order valence-electron chi connectivity index (χ4n) is 5.68. The Kier molecular flexibility index (Phi) is 38.1. The van der Waals surface area contributed by atoms with Gasteiger partial charge in [-0.05, 0) is 83.5 Å². The molecule has 0 aliphatic carbocycles. The highest BCUT2D eigenvalue weighted by Crippen LogP contribution is 2.43. The molecule has 0 bridgehead atoms. The quantitative estimate of drug-likeness (QED) is 0.0214. The summed E-state index contributed by atoms with van der Waals surface area (Å²) in [6.07, 6.45) is 49.4. The van der Waals surface area contributed by atoms with Crippen LogP contribution in [-0.2, 0) is 32.7 Å². The van der Waals surface area contributed by atoms with Crippen LogP contribution < -0.4 is 0 Å². The Morgan fingerprint density at radius 2 is 0.983 bits per heavy atom. The predicted octanol–water partition coefficient (Wildman–Crippen LogP) is 13.0. The van der Waals surface area contributed by atoms with E-state index in [4.69, 9.17) is 18.5 Å². The lowest BCUT2D eigenvalue weighted by atomic mass is 10.1. The second-order valence-electron chi connectivity index (χ2n) is 16.0. The van der Waals surface area contributed by atoms with Gasteiger partial charge < -0.3 is 18.9 Å². The summed E-state index contributed by atoms with van der Waals surface area (Å²) < 4.78 is 34.3. The number of rotatable bonds is 40. The lowest BCUT2D eigenvalue weighted by Crippen LogP contribution is -2.37. The molecule has 0 fully saturated rings. The molecule has 9 nitrogen and oxygen atoms in total. The van der Waals surface area contributed by atoms with Gasteiger partial charge in [-0.2, -0.15) is 0 Å². The number of nitrogens with zero attached hydrogens (tertiary/aromatic N) is 1. The Morgan fingerprint density at radius 1 is 0.552 bits per heavy atom. The lowest BCUT2D eigenvalue weighted by Gasteiger charge is -2.24. The number of hydrogen-bond acceptors (Lipinski definition) is 7. The van der Waals surface area contributed by atoms with Crippen molar-refractivity contribution in [2.24, 2.45) is 0 Å². The molecule has 0 aromatic heterocycles. The summed E-state index contributed by atoms with van der Waals surface area (Å²) in [4.78, 5) is 35.4. The molecule has 0 aromatic carbocycles. The lowest BCUT2D eigenvalue weighted by molar-refractivity contribution is -0.870. The molecule has 1 N–H and O–H groups in total.